The molecule has 0 amide bonds. The van der Waals surface area contributed by atoms with Crippen LogP contribution in [0.5, 0.6) is 0 Å². The van der Waals surface area contributed by atoms with Gasteiger partial charge in [0.15, 0.2) is 0 Å². The molecule has 2 aromatic carbocycles. The van der Waals surface area contributed by atoms with Gasteiger partial charge in [0.2, 0.25) is 5.78 Å². The highest BCUT2D eigenvalue weighted by Gasteiger charge is 2.28. The third-order valence-corrected chi connectivity index (χ3v) is 7.29. The summed E-state index contributed by atoms with van der Waals surface area (Å²) in [5.74, 6) is 0.666. The summed E-state index contributed by atoms with van der Waals surface area (Å²) in [6, 6.07) is 14.1. The first-order valence-corrected chi connectivity index (χ1v) is 12.9. The fourth-order valence-corrected chi connectivity index (χ4v) is 5.43. The fraction of sp³-hybridized carbons (Fsp3) is 0.379. The number of aryl methyl sites for hydroxylation is 2. The zero-order valence-electron chi connectivity index (χ0n) is 21.1. The molecule has 2 aromatic heterocycles. The van der Waals surface area contributed by atoms with E-state index in [9.17, 15) is 15.2 Å². The summed E-state index contributed by atoms with van der Waals surface area (Å²) in [4.78, 5) is 18.6. The molecule has 0 bridgehead atoms. The van der Waals surface area contributed by atoms with E-state index < -0.39 is 5.82 Å². The summed E-state index contributed by atoms with van der Waals surface area (Å²) < 4.78 is 18.9. The lowest BCUT2D eigenvalue weighted by Gasteiger charge is -2.28. The van der Waals surface area contributed by atoms with Crippen LogP contribution in [0.3, 0.4) is 0 Å². The molecule has 0 aliphatic heterocycles. The van der Waals surface area contributed by atoms with Crippen molar-refractivity contribution in [1.82, 2.24) is 19.2 Å². The molecule has 8 heteroatoms. The van der Waals surface area contributed by atoms with Crippen LogP contribution >= 0.6 is 0 Å². The number of hydrogen-bond acceptors (Lipinski definition) is 5. The zero-order chi connectivity index (χ0) is 26.1. The molecule has 37 heavy (non-hydrogen) atoms. The second-order valence-corrected chi connectivity index (χ2v) is 9.82. The Bertz CT molecular complexity index is 1560. The van der Waals surface area contributed by atoms with Crippen molar-refractivity contribution in [2.75, 3.05) is 0 Å². The van der Waals surface area contributed by atoms with Gasteiger partial charge in [0.25, 0.3) is 5.56 Å². The van der Waals surface area contributed by atoms with Crippen molar-refractivity contribution >= 4 is 5.78 Å². The van der Waals surface area contributed by atoms with E-state index in [0.717, 1.165) is 12.1 Å². The van der Waals surface area contributed by atoms with E-state index in [0.29, 0.717) is 71.5 Å². The molecular weight excluding hydrogens is 469 g/mol. The second kappa shape index (κ2) is 10.3. The van der Waals surface area contributed by atoms with E-state index in [1.165, 1.54) is 6.07 Å². The van der Waals surface area contributed by atoms with Crippen LogP contribution in [0.1, 0.15) is 73.3 Å². The Morgan fingerprint density at radius 3 is 2.62 bits per heavy atom. The van der Waals surface area contributed by atoms with E-state index in [1.54, 1.807) is 46.3 Å². The largest absolute Gasteiger partial charge is 0.393 e. The third kappa shape index (κ3) is 4.67. The lowest BCUT2D eigenvalue weighted by molar-refractivity contribution is 0.110. The number of fused-ring (bicyclic) bond motifs is 1. The van der Waals surface area contributed by atoms with E-state index in [4.69, 9.17) is 0 Å². The third-order valence-electron chi connectivity index (χ3n) is 7.29. The van der Waals surface area contributed by atoms with Crippen molar-refractivity contribution in [2.24, 2.45) is 0 Å². The Balaban J connectivity index is 1.62. The van der Waals surface area contributed by atoms with Gasteiger partial charge >= 0.3 is 0 Å². The summed E-state index contributed by atoms with van der Waals surface area (Å²) in [5.41, 5.74) is 3.30. The van der Waals surface area contributed by atoms with Crippen LogP contribution in [0.2, 0.25) is 0 Å². The Morgan fingerprint density at radius 1 is 1.16 bits per heavy atom. The molecule has 190 valence electrons. The van der Waals surface area contributed by atoms with Crippen molar-refractivity contribution in [3.63, 3.8) is 0 Å². The first kappa shape index (κ1) is 24.8. The Hall–Kier alpha value is -3.83. The Labute approximate surface area is 214 Å². The van der Waals surface area contributed by atoms with E-state index in [-0.39, 0.29) is 24.1 Å². The zero-order valence-corrected chi connectivity index (χ0v) is 21.1. The van der Waals surface area contributed by atoms with Crippen LogP contribution in [0, 0.1) is 24.1 Å². The Kier molecular flexibility index (Phi) is 6.90. The minimum absolute atomic E-state index is 0.0915. The standard InChI is InChI=1S/C29H30FN5O2/c1-3-6-27-25(15-20-10-9-19(16-26(20)30)24-8-5-4-7-21(24)17-31)28(37)34(22-11-13-23(36)14-12-22)29-32-18(2)33-35(27)29/h4-5,7-10,16,22-23,36H,3,6,11-15H2,1-2H3/t22-,23-. The number of nitriles is 1. The van der Waals surface area contributed by atoms with Crippen LogP contribution < -0.4 is 5.56 Å². The van der Waals surface area contributed by atoms with Gasteiger partial charge in [0.05, 0.1) is 23.4 Å². The molecule has 0 saturated heterocycles. The van der Waals surface area contributed by atoms with Gasteiger partial charge in [0.1, 0.15) is 11.6 Å². The predicted molar refractivity (Wildman–Crippen MR) is 139 cm³/mol. The molecule has 0 unspecified atom stereocenters. The summed E-state index contributed by atoms with van der Waals surface area (Å²) in [6.45, 7) is 3.84. The lowest BCUT2D eigenvalue weighted by Crippen LogP contribution is -2.34. The number of hydrogen-bond donors (Lipinski definition) is 1. The average Bonchev–Trinajstić information content (AvgIpc) is 3.28. The minimum Gasteiger partial charge on any atom is -0.393 e. The molecule has 1 aliphatic carbocycles. The highest BCUT2D eigenvalue weighted by atomic mass is 19.1. The number of halogens is 1. The van der Waals surface area contributed by atoms with Crippen LogP contribution in [-0.2, 0) is 12.8 Å². The topological polar surface area (TPSA) is 96.2 Å². The predicted octanol–water partition coefficient (Wildman–Crippen LogP) is 4.90. The smallest absolute Gasteiger partial charge is 0.259 e. The molecule has 2 heterocycles. The van der Waals surface area contributed by atoms with Crippen LogP contribution in [0.4, 0.5) is 4.39 Å². The fourth-order valence-electron chi connectivity index (χ4n) is 5.43. The number of rotatable bonds is 6. The van der Waals surface area contributed by atoms with Crippen molar-refractivity contribution in [1.29, 1.82) is 5.26 Å². The van der Waals surface area contributed by atoms with Gasteiger partial charge in [-0.25, -0.2) is 8.91 Å². The normalized spacial score (nSPS) is 17.7. The molecule has 0 spiro atoms. The molecule has 0 atom stereocenters. The first-order valence-electron chi connectivity index (χ1n) is 12.9. The summed E-state index contributed by atoms with van der Waals surface area (Å²) >= 11 is 0. The lowest BCUT2D eigenvalue weighted by atomic mass is 9.92. The van der Waals surface area contributed by atoms with Crippen molar-refractivity contribution in [3.05, 3.63) is 86.8 Å². The van der Waals surface area contributed by atoms with Gasteiger partial charge in [-0.3, -0.25) is 9.36 Å². The number of nitrogens with zero attached hydrogens (tertiary/aromatic N) is 5. The van der Waals surface area contributed by atoms with E-state index in [2.05, 4.69) is 16.2 Å². The number of benzene rings is 2. The number of aromatic nitrogens is 4. The first-order chi connectivity index (χ1) is 17.9. The molecule has 1 aliphatic rings. The maximum Gasteiger partial charge on any atom is 0.259 e. The highest BCUT2D eigenvalue weighted by molar-refractivity contribution is 5.70. The molecule has 5 rings (SSSR count). The van der Waals surface area contributed by atoms with Crippen molar-refractivity contribution < 1.29 is 9.50 Å². The Morgan fingerprint density at radius 2 is 1.92 bits per heavy atom. The molecule has 7 nitrogen and oxygen atoms in total. The van der Waals surface area contributed by atoms with Gasteiger partial charge in [-0.2, -0.15) is 15.3 Å². The number of aliphatic hydroxyl groups excluding tert-OH is 1. The molecule has 1 saturated carbocycles. The quantitative estimate of drug-likeness (QED) is 0.407. The van der Waals surface area contributed by atoms with Crippen molar-refractivity contribution in [3.8, 4) is 17.2 Å². The molecule has 1 N–H and O–H groups in total. The average molecular weight is 500 g/mol. The maximum absolute atomic E-state index is 15.5. The van der Waals surface area contributed by atoms with E-state index in [1.807, 2.05) is 13.0 Å². The summed E-state index contributed by atoms with van der Waals surface area (Å²) in [7, 11) is 0. The van der Waals surface area contributed by atoms with Gasteiger partial charge in [0, 0.05) is 18.0 Å². The summed E-state index contributed by atoms with van der Waals surface area (Å²) in [6.07, 6.45) is 3.80. The van der Waals surface area contributed by atoms with Gasteiger partial charge in [-0.1, -0.05) is 43.7 Å². The highest BCUT2D eigenvalue weighted by Crippen LogP contribution is 2.30. The van der Waals surface area contributed by atoms with Crippen LogP contribution in [0.15, 0.2) is 47.3 Å². The summed E-state index contributed by atoms with van der Waals surface area (Å²) in [5, 5.41) is 24.1. The van der Waals surface area contributed by atoms with Gasteiger partial charge < -0.3 is 5.11 Å². The molecular formula is C29H30FN5O2. The number of aliphatic hydroxyl groups is 1. The monoisotopic (exact) mass is 499 g/mol. The second-order valence-electron chi connectivity index (χ2n) is 9.82. The van der Waals surface area contributed by atoms with Crippen LogP contribution in [0.25, 0.3) is 16.9 Å². The molecule has 0 radical (unpaired) electrons. The van der Waals surface area contributed by atoms with Crippen molar-refractivity contribution in [2.45, 2.75) is 70.9 Å². The van der Waals surface area contributed by atoms with Gasteiger partial charge in [-0.15, -0.1) is 0 Å². The SMILES string of the molecule is CCCc1c(Cc2ccc(-c3ccccc3C#N)cc2F)c(=O)n([C@H]2CC[C@H](O)CC2)c2nc(C)nn12. The molecule has 1 fully saturated rings. The maximum atomic E-state index is 15.5. The minimum atomic E-state index is -0.422. The van der Waals surface area contributed by atoms with E-state index >= 15 is 4.39 Å². The van der Waals surface area contributed by atoms with Gasteiger partial charge in [-0.05, 0) is 67.9 Å². The van der Waals surface area contributed by atoms with Crippen LogP contribution in [-0.4, -0.2) is 30.4 Å². The molecule has 4 aromatic rings.